The molecule has 0 atom stereocenters. The Morgan fingerprint density at radius 2 is 1.80 bits per heavy atom. The van der Waals surface area contributed by atoms with Crippen LogP contribution in [0.2, 0.25) is 0 Å². The molecule has 1 saturated heterocycles. The predicted octanol–water partition coefficient (Wildman–Crippen LogP) is 0.438. The summed E-state index contributed by atoms with van der Waals surface area (Å²) in [6, 6.07) is 0. The van der Waals surface area contributed by atoms with Crippen LogP contribution in [0.15, 0.2) is 0 Å². The van der Waals surface area contributed by atoms with Crippen LogP contribution in [-0.4, -0.2) is 39.6 Å². The van der Waals surface area contributed by atoms with Gasteiger partial charge >= 0.3 is 0 Å². The normalized spacial score (nSPS) is 22.2. The maximum atomic E-state index is 5.35. The Balaban J connectivity index is 2.27. The summed E-state index contributed by atoms with van der Waals surface area (Å²) in [7, 11) is 3.36. The van der Waals surface area contributed by atoms with E-state index in [4.69, 9.17) is 14.2 Å². The summed E-state index contributed by atoms with van der Waals surface area (Å²) in [5, 5.41) is 0. The Morgan fingerprint density at radius 1 is 1.30 bits per heavy atom. The minimum atomic E-state index is -0.122. The molecule has 0 radical (unpaired) electrons. The van der Waals surface area contributed by atoms with Crippen LogP contribution >= 0.6 is 0 Å². The Hall–Kier alpha value is -0.120. The molecule has 0 aromatic rings. The van der Waals surface area contributed by atoms with E-state index in [1.807, 2.05) is 0 Å². The van der Waals surface area contributed by atoms with Gasteiger partial charge in [0.1, 0.15) is 5.60 Å². The molecule has 0 aromatic carbocycles. The third-order valence-corrected chi connectivity index (χ3v) is 1.78. The molecule has 3 nitrogen and oxygen atoms in total. The van der Waals surface area contributed by atoms with Crippen molar-refractivity contribution < 1.29 is 14.2 Å². The molecule has 1 aliphatic rings. The maximum absolute atomic E-state index is 5.35. The molecular formula is C7H14O3. The summed E-state index contributed by atoms with van der Waals surface area (Å²) in [6.07, 6.45) is 1.05. The van der Waals surface area contributed by atoms with Crippen molar-refractivity contribution in [3.8, 4) is 0 Å². The van der Waals surface area contributed by atoms with Gasteiger partial charge in [0.2, 0.25) is 0 Å². The van der Waals surface area contributed by atoms with E-state index in [9.17, 15) is 0 Å². The molecule has 1 heterocycles. The lowest BCUT2D eigenvalue weighted by atomic mass is 9.97. The van der Waals surface area contributed by atoms with E-state index >= 15 is 0 Å². The fraction of sp³-hybridized carbons (Fsp3) is 1.00. The predicted molar refractivity (Wildman–Crippen MR) is 37.1 cm³/mol. The van der Waals surface area contributed by atoms with Crippen molar-refractivity contribution in [2.24, 2.45) is 0 Å². The summed E-state index contributed by atoms with van der Waals surface area (Å²) in [6.45, 7) is 2.12. The van der Waals surface area contributed by atoms with Gasteiger partial charge in [0.05, 0.1) is 19.8 Å². The third-order valence-electron chi connectivity index (χ3n) is 1.78. The zero-order valence-corrected chi connectivity index (χ0v) is 6.55. The van der Waals surface area contributed by atoms with Gasteiger partial charge in [-0.15, -0.1) is 0 Å². The van der Waals surface area contributed by atoms with Gasteiger partial charge in [-0.1, -0.05) is 0 Å². The second kappa shape index (κ2) is 3.32. The van der Waals surface area contributed by atoms with E-state index in [-0.39, 0.29) is 5.60 Å². The first-order chi connectivity index (χ1) is 4.83. The maximum Gasteiger partial charge on any atom is 0.117 e. The van der Waals surface area contributed by atoms with E-state index < -0.39 is 0 Å². The summed E-state index contributed by atoms with van der Waals surface area (Å²) in [5.41, 5.74) is -0.122. The molecule has 3 heteroatoms. The van der Waals surface area contributed by atoms with Gasteiger partial charge in [-0.05, 0) is 0 Å². The Kier molecular flexibility index (Phi) is 2.65. The number of ether oxygens (including phenoxy) is 3. The molecule has 0 aromatic heterocycles. The van der Waals surface area contributed by atoms with Crippen molar-refractivity contribution in [2.45, 2.75) is 12.0 Å². The lowest BCUT2D eigenvalue weighted by Gasteiger charge is -2.40. The van der Waals surface area contributed by atoms with Crippen molar-refractivity contribution >= 4 is 0 Å². The zero-order chi connectivity index (χ0) is 7.45. The summed E-state index contributed by atoms with van der Waals surface area (Å²) < 4.78 is 15.3. The van der Waals surface area contributed by atoms with Crippen LogP contribution in [0.25, 0.3) is 0 Å². The van der Waals surface area contributed by atoms with Gasteiger partial charge in [-0.25, -0.2) is 0 Å². The highest BCUT2D eigenvalue weighted by molar-refractivity contribution is 4.87. The lowest BCUT2D eigenvalue weighted by molar-refractivity contribution is -0.199. The summed E-state index contributed by atoms with van der Waals surface area (Å²) in [5.74, 6) is 0. The van der Waals surface area contributed by atoms with Gasteiger partial charge in [0, 0.05) is 20.6 Å². The molecule has 0 spiro atoms. The summed E-state index contributed by atoms with van der Waals surface area (Å²) >= 11 is 0. The number of methoxy groups -OCH3 is 2. The fourth-order valence-electron chi connectivity index (χ4n) is 1.19. The first kappa shape index (κ1) is 7.98. The van der Waals surface area contributed by atoms with Crippen LogP contribution in [0.4, 0.5) is 0 Å². The second-order valence-electron chi connectivity index (χ2n) is 2.65. The lowest BCUT2D eigenvalue weighted by Crippen LogP contribution is -2.51. The summed E-state index contributed by atoms with van der Waals surface area (Å²) in [4.78, 5) is 0. The quantitative estimate of drug-likeness (QED) is 0.576. The highest BCUT2D eigenvalue weighted by Gasteiger charge is 2.38. The first-order valence-corrected chi connectivity index (χ1v) is 3.45. The molecule has 10 heavy (non-hydrogen) atoms. The number of hydrogen-bond donors (Lipinski definition) is 0. The second-order valence-corrected chi connectivity index (χ2v) is 2.65. The highest BCUT2D eigenvalue weighted by atomic mass is 16.6. The molecule has 1 aliphatic heterocycles. The van der Waals surface area contributed by atoms with Gasteiger partial charge in [-0.2, -0.15) is 0 Å². The molecule has 0 unspecified atom stereocenters. The van der Waals surface area contributed by atoms with Gasteiger partial charge in [-0.3, -0.25) is 0 Å². The highest BCUT2D eigenvalue weighted by Crippen LogP contribution is 2.26. The van der Waals surface area contributed by atoms with E-state index in [1.54, 1.807) is 14.2 Å². The molecule has 60 valence electrons. The monoisotopic (exact) mass is 146 g/mol. The fourth-order valence-corrected chi connectivity index (χ4v) is 1.19. The van der Waals surface area contributed by atoms with Gasteiger partial charge in [0.15, 0.2) is 0 Å². The van der Waals surface area contributed by atoms with Crippen LogP contribution in [-0.2, 0) is 14.2 Å². The Bertz CT molecular complexity index is 91.0. The molecule has 0 aliphatic carbocycles. The average molecular weight is 146 g/mol. The topological polar surface area (TPSA) is 27.7 Å². The van der Waals surface area contributed by atoms with Crippen LogP contribution in [0.5, 0.6) is 0 Å². The van der Waals surface area contributed by atoms with Crippen LogP contribution < -0.4 is 0 Å². The van der Waals surface area contributed by atoms with Gasteiger partial charge in [0.25, 0.3) is 0 Å². The molecule has 0 bridgehead atoms. The van der Waals surface area contributed by atoms with E-state index in [0.717, 1.165) is 13.0 Å². The number of rotatable bonds is 4. The largest absolute Gasteiger partial charge is 0.382 e. The van der Waals surface area contributed by atoms with E-state index in [2.05, 4.69) is 0 Å². The zero-order valence-electron chi connectivity index (χ0n) is 6.55. The van der Waals surface area contributed by atoms with E-state index in [1.165, 1.54) is 0 Å². The van der Waals surface area contributed by atoms with Crippen molar-refractivity contribution in [2.75, 3.05) is 34.0 Å². The molecule has 0 N–H and O–H groups in total. The van der Waals surface area contributed by atoms with Crippen molar-refractivity contribution in [1.82, 2.24) is 0 Å². The van der Waals surface area contributed by atoms with Crippen molar-refractivity contribution in [3.63, 3.8) is 0 Å². The SMILES string of the molecule is COCC1(COC)CCO1. The van der Waals surface area contributed by atoms with E-state index in [0.29, 0.717) is 13.2 Å². The molecule has 0 saturated carbocycles. The number of hydrogen-bond acceptors (Lipinski definition) is 3. The standard InChI is InChI=1S/C7H14O3/c1-8-5-7(6-9-2)3-4-10-7/h3-6H2,1-2H3. The molecule has 0 amide bonds. The molecule has 1 rings (SSSR count). The van der Waals surface area contributed by atoms with Crippen LogP contribution in [0.1, 0.15) is 6.42 Å². The molecular weight excluding hydrogens is 132 g/mol. The van der Waals surface area contributed by atoms with Crippen molar-refractivity contribution in [3.05, 3.63) is 0 Å². The van der Waals surface area contributed by atoms with Gasteiger partial charge < -0.3 is 14.2 Å². The average Bonchev–Trinajstić information content (AvgIpc) is 1.84. The van der Waals surface area contributed by atoms with Crippen molar-refractivity contribution in [1.29, 1.82) is 0 Å². The van der Waals surface area contributed by atoms with Crippen LogP contribution in [0, 0.1) is 0 Å². The van der Waals surface area contributed by atoms with Crippen LogP contribution in [0.3, 0.4) is 0 Å². The molecule has 1 fully saturated rings. The first-order valence-electron chi connectivity index (χ1n) is 3.45. The Morgan fingerprint density at radius 3 is 2.00 bits per heavy atom. The minimum Gasteiger partial charge on any atom is -0.382 e. The smallest absolute Gasteiger partial charge is 0.117 e. The Labute approximate surface area is 61.3 Å². The minimum absolute atomic E-state index is 0.122. The third kappa shape index (κ3) is 1.48.